The number of hydrogen-bond acceptors (Lipinski definition) is 3. The second-order valence-electron chi connectivity index (χ2n) is 4.03. The van der Waals surface area contributed by atoms with Crippen molar-refractivity contribution in [2.45, 2.75) is 16.7 Å². The molecule has 4 heteroatoms. The summed E-state index contributed by atoms with van der Waals surface area (Å²) in [7, 11) is 1.39. The first-order valence-electron chi connectivity index (χ1n) is 5.72. The van der Waals surface area contributed by atoms with Crippen LogP contribution in [-0.4, -0.2) is 13.1 Å². The standard InChI is InChI=1S/C15H13IO2S/c1-10-9-12(16)5-8-14(10)19-13-6-3-11(4-7-13)15(17)18-2/h3-9H,1-2H3. The van der Waals surface area contributed by atoms with Crippen LogP contribution in [0.2, 0.25) is 0 Å². The molecule has 0 radical (unpaired) electrons. The third kappa shape index (κ3) is 3.73. The Kier molecular flexibility index (Phi) is 4.87. The molecule has 2 nitrogen and oxygen atoms in total. The number of methoxy groups -OCH3 is 1. The summed E-state index contributed by atoms with van der Waals surface area (Å²) in [6.45, 7) is 2.10. The fourth-order valence-electron chi connectivity index (χ4n) is 1.63. The van der Waals surface area contributed by atoms with Gasteiger partial charge in [-0.05, 0) is 77.5 Å². The SMILES string of the molecule is COC(=O)c1ccc(Sc2ccc(I)cc2C)cc1. The minimum Gasteiger partial charge on any atom is -0.465 e. The number of carbonyl (C=O) groups is 1. The molecule has 0 N–H and O–H groups in total. The molecule has 0 bridgehead atoms. The quantitative estimate of drug-likeness (QED) is 0.574. The largest absolute Gasteiger partial charge is 0.465 e. The normalized spacial score (nSPS) is 10.3. The summed E-state index contributed by atoms with van der Waals surface area (Å²) in [5.74, 6) is -0.304. The van der Waals surface area contributed by atoms with Crippen LogP contribution in [0.5, 0.6) is 0 Å². The first kappa shape index (κ1) is 14.4. The maximum absolute atomic E-state index is 11.3. The van der Waals surface area contributed by atoms with Gasteiger partial charge in [0.2, 0.25) is 0 Å². The Morgan fingerprint density at radius 2 is 1.84 bits per heavy atom. The molecule has 2 rings (SSSR count). The minimum absolute atomic E-state index is 0.304. The summed E-state index contributed by atoms with van der Waals surface area (Å²) in [4.78, 5) is 13.7. The molecule has 19 heavy (non-hydrogen) atoms. The van der Waals surface area contributed by atoms with Gasteiger partial charge in [0.05, 0.1) is 12.7 Å². The number of aryl methyl sites for hydroxylation is 1. The van der Waals surface area contributed by atoms with Gasteiger partial charge in [-0.2, -0.15) is 0 Å². The highest BCUT2D eigenvalue weighted by atomic mass is 127. The van der Waals surface area contributed by atoms with Crippen LogP contribution in [-0.2, 0) is 4.74 Å². The lowest BCUT2D eigenvalue weighted by molar-refractivity contribution is 0.0600. The molecule has 0 amide bonds. The highest BCUT2D eigenvalue weighted by molar-refractivity contribution is 14.1. The maximum Gasteiger partial charge on any atom is 0.337 e. The molecule has 2 aromatic carbocycles. The molecular formula is C15H13IO2S. The Bertz CT molecular complexity index is 594. The summed E-state index contributed by atoms with van der Waals surface area (Å²) in [6.07, 6.45) is 0. The lowest BCUT2D eigenvalue weighted by Gasteiger charge is -2.06. The lowest BCUT2D eigenvalue weighted by atomic mass is 10.2. The Morgan fingerprint density at radius 1 is 1.16 bits per heavy atom. The molecule has 0 spiro atoms. The van der Waals surface area contributed by atoms with E-state index in [2.05, 4.69) is 52.5 Å². The topological polar surface area (TPSA) is 26.3 Å². The van der Waals surface area contributed by atoms with Crippen molar-refractivity contribution in [3.8, 4) is 0 Å². The van der Waals surface area contributed by atoms with Gasteiger partial charge in [-0.15, -0.1) is 0 Å². The van der Waals surface area contributed by atoms with Crippen LogP contribution in [0, 0.1) is 10.5 Å². The van der Waals surface area contributed by atoms with Crippen LogP contribution in [0.25, 0.3) is 0 Å². The zero-order valence-electron chi connectivity index (χ0n) is 10.6. The van der Waals surface area contributed by atoms with Gasteiger partial charge in [-0.3, -0.25) is 0 Å². The molecule has 0 aliphatic carbocycles. The van der Waals surface area contributed by atoms with Crippen molar-refractivity contribution in [2.75, 3.05) is 7.11 Å². The van der Waals surface area contributed by atoms with Gasteiger partial charge < -0.3 is 4.74 Å². The van der Waals surface area contributed by atoms with Crippen molar-refractivity contribution in [1.29, 1.82) is 0 Å². The number of ether oxygens (including phenoxy) is 1. The molecule has 2 aromatic rings. The van der Waals surface area contributed by atoms with Crippen LogP contribution in [0.15, 0.2) is 52.3 Å². The van der Waals surface area contributed by atoms with Gasteiger partial charge in [0.1, 0.15) is 0 Å². The Morgan fingerprint density at radius 3 is 2.42 bits per heavy atom. The molecule has 98 valence electrons. The van der Waals surface area contributed by atoms with E-state index in [-0.39, 0.29) is 5.97 Å². The Balaban J connectivity index is 2.17. The van der Waals surface area contributed by atoms with Gasteiger partial charge >= 0.3 is 5.97 Å². The van der Waals surface area contributed by atoms with Crippen molar-refractivity contribution >= 4 is 40.3 Å². The van der Waals surface area contributed by atoms with E-state index in [0.717, 1.165) is 4.90 Å². The number of carbonyl (C=O) groups excluding carboxylic acids is 1. The van der Waals surface area contributed by atoms with Gasteiger partial charge in [-0.25, -0.2) is 4.79 Å². The average molecular weight is 384 g/mol. The fourth-order valence-corrected chi connectivity index (χ4v) is 3.16. The minimum atomic E-state index is -0.304. The summed E-state index contributed by atoms with van der Waals surface area (Å²) in [6, 6.07) is 13.8. The predicted molar refractivity (Wildman–Crippen MR) is 85.8 cm³/mol. The molecule has 0 aliphatic rings. The molecule has 0 fully saturated rings. The Labute approximate surface area is 130 Å². The van der Waals surface area contributed by atoms with Crippen molar-refractivity contribution < 1.29 is 9.53 Å². The number of rotatable bonds is 3. The third-order valence-corrected chi connectivity index (χ3v) is 4.50. The van der Waals surface area contributed by atoms with E-state index in [0.29, 0.717) is 5.56 Å². The lowest BCUT2D eigenvalue weighted by Crippen LogP contribution is -2.00. The van der Waals surface area contributed by atoms with E-state index >= 15 is 0 Å². The number of hydrogen-bond donors (Lipinski definition) is 0. The van der Waals surface area contributed by atoms with Crippen molar-refractivity contribution in [2.24, 2.45) is 0 Å². The summed E-state index contributed by atoms with van der Waals surface area (Å²) in [5.41, 5.74) is 1.83. The van der Waals surface area contributed by atoms with Gasteiger partial charge in [-0.1, -0.05) is 11.8 Å². The van der Waals surface area contributed by atoms with E-state index in [1.807, 2.05) is 12.1 Å². The van der Waals surface area contributed by atoms with Crippen LogP contribution in [0.1, 0.15) is 15.9 Å². The van der Waals surface area contributed by atoms with Crippen molar-refractivity contribution in [3.05, 3.63) is 57.2 Å². The highest BCUT2D eigenvalue weighted by Gasteiger charge is 2.06. The summed E-state index contributed by atoms with van der Waals surface area (Å²) >= 11 is 4.00. The number of benzene rings is 2. The smallest absolute Gasteiger partial charge is 0.337 e. The highest BCUT2D eigenvalue weighted by Crippen LogP contribution is 2.31. The maximum atomic E-state index is 11.3. The second kappa shape index (κ2) is 6.43. The van der Waals surface area contributed by atoms with E-state index in [9.17, 15) is 4.79 Å². The van der Waals surface area contributed by atoms with Crippen molar-refractivity contribution in [1.82, 2.24) is 0 Å². The fraction of sp³-hybridized carbons (Fsp3) is 0.133. The number of halogens is 1. The van der Waals surface area contributed by atoms with Gasteiger partial charge in [0.15, 0.2) is 0 Å². The molecule has 0 atom stereocenters. The van der Waals surface area contributed by atoms with Crippen LogP contribution in [0.4, 0.5) is 0 Å². The molecule has 0 saturated heterocycles. The van der Waals surface area contributed by atoms with Gasteiger partial charge in [0.25, 0.3) is 0 Å². The molecule has 0 aromatic heterocycles. The molecule has 0 unspecified atom stereocenters. The summed E-state index contributed by atoms with van der Waals surface area (Å²) in [5, 5.41) is 0. The first-order chi connectivity index (χ1) is 9.10. The van der Waals surface area contributed by atoms with E-state index < -0.39 is 0 Å². The third-order valence-electron chi connectivity index (χ3n) is 2.64. The zero-order valence-corrected chi connectivity index (χ0v) is 13.6. The predicted octanol–water partition coefficient (Wildman–Crippen LogP) is 4.54. The van der Waals surface area contributed by atoms with E-state index in [4.69, 9.17) is 0 Å². The van der Waals surface area contributed by atoms with Crippen molar-refractivity contribution in [3.63, 3.8) is 0 Å². The van der Waals surface area contributed by atoms with Crippen LogP contribution < -0.4 is 0 Å². The summed E-state index contributed by atoms with van der Waals surface area (Å²) < 4.78 is 5.92. The number of esters is 1. The first-order valence-corrected chi connectivity index (χ1v) is 7.62. The van der Waals surface area contributed by atoms with E-state index in [1.54, 1.807) is 23.9 Å². The molecule has 0 saturated carbocycles. The van der Waals surface area contributed by atoms with E-state index in [1.165, 1.54) is 21.1 Å². The van der Waals surface area contributed by atoms with Crippen LogP contribution >= 0.6 is 34.4 Å². The van der Waals surface area contributed by atoms with Crippen LogP contribution in [0.3, 0.4) is 0 Å². The second-order valence-corrected chi connectivity index (χ2v) is 6.39. The zero-order chi connectivity index (χ0) is 13.8. The Hall–Kier alpha value is -1.01. The average Bonchev–Trinajstić information content (AvgIpc) is 2.42. The van der Waals surface area contributed by atoms with Gasteiger partial charge in [0, 0.05) is 13.4 Å². The monoisotopic (exact) mass is 384 g/mol. The molecule has 0 heterocycles. The molecular weight excluding hydrogens is 371 g/mol. The molecule has 0 aliphatic heterocycles.